The lowest BCUT2D eigenvalue weighted by molar-refractivity contribution is -0.870. The molecule has 0 aromatic heterocycles. The number of quaternary nitrogens is 1. The molecule has 0 aliphatic carbocycles. The Morgan fingerprint density at radius 3 is 1.33 bits per heavy atom. The number of nitrogens with one attached hydrogen (secondary N) is 1. The first-order chi connectivity index (χ1) is 36.4. The van der Waals surface area contributed by atoms with Gasteiger partial charge in [-0.15, -0.1) is 0 Å². The SMILES string of the molecule is CC/C=C\C/C=C\C/C=C\C/C=C\C/C=C\CCCC(=O)OC(/C=C/CCCCCCCCCCCCC)C(COP(=O)(O)OCC[N+](C)(C)C)NC(=O)CCCCCCCC/C=C\C/C=C\C/C=C\CCCCC. The zero-order valence-corrected chi connectivity index (χ0v) is 49.9. The molecule has 0 aliphatic rings. The van der Waals surface area contributed by atoms with Crippen LogP contribution >= 0.6 is 7.82 Å². The number of phosphoric ester groups is 1. The second kappa shape index (κ2) is 54.0. The van der Waals surface area contributed by atoms with Crippen LogP contribution in [-0.2, 0) is 27.9 Å². The molecule has 3 unspecified atom stereocenters. The summed E-state index contributed by atoms with van der Waals surface area (Å²) in [6.45, 7) is 6.81. The number of unbranched alkanes of at least 4 members (excludes halogenated alkanes) is 21. The van der Waals surface area contributed by atoms with Crippen LogP contribution in [0.3, 0.4) is 0 Å². The fourth-order valence-electron chi connectivity index (χ4n) is 8.04. The van der Waals surface area contributed by atoms with Gasteiger partial charge in [0, 0.05) is 12.8 Å². The van der Waals surface area contributed by atoms with E-state index in [1.165, 1.54) is 83.5 Å². The van der Waals surface area contributed by atoms with Crippen molar-refractivity contribution in [3.05, 3.63) is 109 Å². The summed E-state index contributed by atoms with van der Waals surface area (Å²) in [5.41, 5.74) is 0. The summed E-state index contributed by atoms with van der Waals surface area (Å²) in [5, 5.41) is 3.03. The van der Waals surface area contributed by atoms with Crippen LogP contribution in [-0.4, -0.2) is 74.3 Å². The van der Waals surface area contributed by atoms with Crippen molar-refractivity contribution in [1.82, 2.24) is 5.32 Å². The number of hydrogen-bond acceptors (Lipinski definition) is 6. The van der Waals surface area contributed by atoms with E-state index in [9.17, 15) is 19.0 Å². The number of nitrogens with zero attached hydrogens (tertiary/aromatic N) is 1. The average Bonchev–Trinajstić information content (AvgIpc) is 3.37. The first-order valence-electron chi connectivity index (χ1n) is 30.2. The van der Waals surface area contributed by atoms with Gasteiger partial charge >= 0.3 is 13.8 Å². The first kappa shape index (κ1) is 71.7. The topological polar surface area (TPSA) is 111 Å². The number of rotatable bonds is 53. The maximum atomic E-state index is 13.5. The summed E-state index contributed by atoms with van der Waals surface area (Å²) in [6.07, 6.45) is 73.7. The molecular weight excluding hydrogens is 952 g/mol. The Balaban J connectivity index is 5.44. The summed E-state index contributed by atoms with van der Waals surface area (Å²) in [7, 11) is 1.44. The van der Waals surface area contributed by atoms with Gasteiger partial charge in [0.2, 0.25) is 5.91 Å². The van der Waals surface area contributed by atoms with E-state index in [-0.39, 0.29) is 31.5 Å². The van der Waals surface area contributed by atoms with Crippen LogP contribution in [0, 0.1) is 0 Å². The molecule has 0 spiro atoms. The van der Waals surface area contributed by atoms with Gasteiger partial charge in [-0.1, -0.05) is 227 Å². The molecule has 10 heteroatoms. The zero-order valence-electron chi connectivity index (χ0n) is 49.0. The summed E-state index contributed by atoms with van der Waals surface area (Å²) >= 11 is 0. The zero-order chi connectivity index (χ0) is 55.0. The van der Waals surface area contributed by atoms with E-state index in [0.29, 0.717) is 23.9 Å². The molecule has 3 atom stereocenters. The molecule has 0 saturated carbocycles. The van der Waals surface area contributed by atoms with Crippen LogP contribution < -0.4 is 5.32 Å². The van der Waals surface area contributed by atoms with Gasteiger partial charge in [-0.2, -0.15) is 0 Å². The monoisotopic (exact) mass is 1070 g/mol. The second-order valence-corrected chi connectivity index (χ2v) is 22.6. The van der Waals surface area contributed by atoms with Crippen LogP contribution in [0.4, 0.5) is 0 Å². The number of hydrogen-bond donors (Lipinski definition) is 2. The number of carbonyl (C=O) groups is 2. The highest BCUT2D eigenvalue weighted by Crippen LogP contribution is 2.43. The number of ether oxygens (including phenoxy) is 1. The van der Waals surface area contributed by atoms with Crippen molar-refractivity contribution in [2.24, 2.45) is 0 Å². The fraction of sp³-hybridized carbons (Fsp3) is 0.692. The Morgan fingerprint density at radius 2 is 0.867 bits per heavy atom. The van der Waals surface area contributed by atoms with Crippen LogP contribution in [0.25, 0.3) is 0 Å². The van der Waals surface area contributed by atoms with Crippen molar-refractivity contribution in [2.45, 2.75) is 251 Å². The Morgan fingerprint density at radius 1 is 0.480 bits per heavy atom. The van der Waals surface area contributed by atoms with Crippen molar-refractivity contribution in [1.29, 1.82) is 0 Å². The molecule has 0 heterocycles. The number of phosphoric acid groups is 1. The standard InChI is InChI=1S/C65H113N2O7P/c1-7-10-13-16-19-22-25-28-30-32-33-35-36-39-42-45-48-51-54-57-64(68)66-62(61-73-75(70,71)72-60-59-67(4,5)6)63(56-53-50-47-44-41-38-27-24-21-18-15-12-9-3)74-65(69)58-55-52-49-46-43-40-37-34-31-29-26-23-20-17-14-11-8-2/h11,14,19-20,22-23,28-31,33,35,37,40,46,49,53,56,62-63H,7-10,12-13,15-18,21,24-27,32,34,36,38-39,41-45,47-48,50-52,54-55,57-61H2,1-6H3,(H-,66,68,70,71)/p+1/b14-11-,22-19-,23-20-,30-28-,31-29-,35-33-,40-37-,49-46-,56-53+. The quantitative estimate of drug-likeness (QED) is 0.0205. The van der Waals surface area contributed by atoms with E-state index in [4.69, 9.17) is 13.8 Å². The summed E-state index contributed by atoms with van der Waals surface area (Å²) < 4.78 is 30.6. The van der Waals surface area contributed by atoms with Gasteiger partial charge in [-0.05, 0) is 109 Å². The molecule has 2 N–H and O–H groups in total. The summed E-state index contributed by atoms with van der Waals surface area (Å²) in [4.78, 5) is 37.7. The van der Waals surface area contributed by atoms with Gasteiger partial charge in [0.1, 0.15) is 19.3 Å². The van der Waals surface area contributed by atoms with Crippen molar-refractivity contribution >= 4 is 19.7 Å². The van der Waals surface area contributed by atoms with Crippen molar-refractivity contribution < 1.29 is 37.3 Å². The summed E-state index contributed by atoms with van der Waals surface area (Å²) in [6, 6.07) is -0.885. The largest absolute Gasteiger partial charge is 0.472 e. The molecule has 0 aliphatic heterocycles. The fourth-order valence-corrected chi connectivity index (χ4v) is 8.78. The van der Waals surface area contributed by atoms with Crippen LogP contribution in [0.2, 0.25) is 0 Å². The minimum Gasteiger partial charge on any atom is -0.456 e. The Hall–Kier alpha value is -3.33. The smallest absolute Gasteiger partial charge is 0.456 e. The Bertz CT molecular complexity index is 1650. The van der Waals surface area contributed by atoms with E-state index in [0.717, 1.165) is 116 Å². The molecule has 0 fully saturated rings. The molecule has 0 aromatic rings. The van der Waals surface area contributed by atoms with Crippen LogP contribution in [0.1, 0.15) is 239 Å². The van der Waals surface area contributed by atoms with Crippen molar-refractivity contribution in [3.63, 3.8) is 0 Å². The lowest BCUT2D eigenvalue weighted by Crippen LogP contribution is -2.47. The van der Waals surface area contributed by atoms with E-state index in [2.05, 4.69) is 123 Å². The van der Waals surface area contributed by atoms with Crippen molar-refractivity contribution in [2.75, 3.05) is 40.9 Å². The van der Waals surface area contributed by atoms with E-state index >= 15 is 0 Å². The van der Waals surface area contributed by atoms with E-state index in [1.54, 1.807) is 0 Å². The minimum atomic E-state index is -4.47. The highest BCUT2D eigenvalue weighted by molar-refractivity contribution is 7.47. The normalized spacial score (nSPS) is 14.5. The predicted molar refractivity (Wildman–Crippen MR) is 323 cm³/mol. The molecule has 1 amide bonds. The van der Waals surface area contributed by atoms with Gasteiger partial charge in [-0.3, -0.25) is 18.6 Å². The van der Waals surface area contributed by atoms with Gasteiger partial charge in [-0.25, -0.2) is 4.57 Å². The third-order valence-electron chi connectivity index (χ3n) is 12.7. The number of carbonyl (C=O) groups excluding carboxylic acids is 2. The third kappa shape index (κ3) is 55.2. The lowest BCUT2D eigenvalue weighted by Gasteiger charge is -2.27. The molecule has 430 valence electrons. The van der Waals surface area contributed by atoms with Crippen LogP contribution in [0.15, 0.2) is 109 Å². The van der Waals surface area contributed by atoms with Crippen LogP contribution in [0.5, 0.6) is 0 Å². The molecule has 0 aromatic carbocycles. The number of allylic oxidation sites excluding steroid dienone is 17. The maximum absolute atomic E-state index is 13.5. The Labute approximate surface area is 461 Å². The molecular formula is C65H114N2O7P+. The summed E-state index contributed by atoms with van der Waals surface area (Å²) in [5.74, 6) is -0.594. The minimum absolute atomic E-state index is 0.0232. The lowest BCUT2D eigenvalue weighted by atomic mass is 10.0. The highest BCUT2D eigenvalue weighted by Gasteiger charge is 2.30. The number of esters is 1. The van der Waals surface area contributed by atoms with E-state index < -0.39 is 20.0 Å². The molecule has 0 bridgehead atoms. The maximum Gasteiger partial charge on any atom is 0.472 e. The number of likely N-dealkylation sites (N-methyl/N-ethyl adjacent to an activating group) is 1. The van der Waals surface area contributed by atoms with Gasteiger partial charge < -0.3 is 19.4 Å². The average molecular weight is 1070 g/mol. The van der Waals surface area contributed by atoms with Crippen molar-refractivity contribution in [3.8, 4) is 0 Å². The van der Waals surface area contributed by atoms with E-state index in [1.807, 2.05) is 33.3 Å². The van der Waals surface area contributed by atoms with Gasteiger partial charge in [0.25, 0.3) is 0 Å². The van der Waals surface area contributed by atoms with Gasteiger partial charge in [0.05, 0.1) is 33.8 Å². The molecule has 75 heavy (non-hydrogen) atoms. The molecule has 0 radical (unpaired) electrons. The first-order valence-corrected chi connectivity index (χ1v) is 31.7. The van der Waals surface area contributed by atoms with Gasteiger partial charge in [0.15, 0.2) is 0 Å². The molecule has 0 saturated heterocycles. The molecule has 0 rings (SSSR count). The number of amides is 1. The Kier molecular flexibility index (Phi) is 51.6. The molecule has 9 nitrogen and oxygen atoms in total. The predicted octanol–water partition coefficient (Wildman–Crippen LogP) is 18.6. The second-order valence-electron chi connectivity index (χ2n) is 21.1. The highest BCUT2D eigenvalue weighted by atomic mass is 31.2. The third-order valence-corrected chi connectivity index (χ3v) is 13.7.